The van der Waals surface area contributed by atoms with E-state index in [4.69, 9.17) is 4.52 Å². The number of carbonyl (C=O) groups is 1. The van der Waals surface area contributed by atoms with Crippen LogP contribution in [-0.4, -0.2) is 39.6 Å². The van der Waals surface area contributed by atoms with Crippen LogP contribution in [0.3, 0.4) is 0 Å². The summed E-state index contributed by atoms with van der Waals surface area (Å²) >= 11 is 0. The standard InChI is InChI=1S/C22H25N5O2/c1-27(21(17-10-11-17)18-9-5-6-13-23-18)22(28)24-14-12-20-25-19(26-29-20)15-16-7-3-2-4-8-16/h2-9,13,17,21H,10-12,14-15H2,1H3,(H,24,28)/t21-/m1/s1. The number of amides is 2. The van der Waals surface area contributed by atoms with Crippen LogP contribution in [0.4, 0.5) is 4.79 Å². The van der Waals surface area contributed by atoms with Crippen molar-refractivity contribution in [1.82, 2.24) is 25.3 Å². The third kappa shape index (κ3) is 4.99. The second kappa shape index (κ2) is 8.86. The lowest BCUT2D eigenvalue weighted by atomic mass is 10.1. The fraction of sp³-hybridized carbons (Fsp3) is 0.364. The predicted molar refractivity (Wildman–Crippen MR) is 108 cm³/mol. The minimum atomic E-state index is -0.114. The van der Waals surface area contributed by atoms with E-state index in [1.807, 2.05) is 55.6 Å². The molecule has 0 saturated heterocycles. The molecule has 0 aliphatic heterocycles. The Bertz CT molecular complexity index is 925. The zero-order valence-corrected chi connectivity index (χ0v) is 16.5. The van der Waals surface area contributed by atoms with Crippen molar-refractivity contribution in [2.45, 2.75) is 31.7 Å². The Kier molecular flexibility index (Phi) is 5.84. The third-order valence-corrected chi connectivity index (χ3v) is 5.13. The summed E-state index contributed by atoms with van der Waals surface area (Å²) in [5.41, 5.74) is 2.07. The highest BCUT2D eigenvalue weighted by Crippen LogP contribution is 2.43. The molecule has 1 saturated carbocycles. The van der Waals surface area contributed by atoms with Gasteiger partial charge in [0.2, 0.25) is 5.89 Å². The van der Waals surface area contributed by atoms with Gasteiger partial charge in [0.25, 0.3) is 0 Å². The minimum absolute atomic E-state index is 0.0112. The summed E-state index contributed by atoms with van der Waals surface area (Å²) in [6, 6.07) is 15.8. The quantitative estimate of drug-likeness (QED) is 0.636. The van der Waals surface area contributed by atoms with Gasteiger partial charge in [-0.1, -0.05) is 41.6 Å². The highest BCUT2D eigenvalue weighted by molar-refractivity contribution is 5.74. The van der Waals surface area contributed by atoms with Crippen LogP contribution >= 0.6 is 0 Å². The van der Waals surface area contributed by atoms with Crippen molar-refractivity contribution in [2.75, 3.05) is 13.6 Å². The van der Waals surface area contributed by atoms with E-state index in [0.717, 1.165) is 24.1 Å². The Morgan fingerprint density at radius 2 is 2.00 bits per heavy atom. The fourth-order valence-corrected chi connectivity index (χ4v) is 3.49. The Labute approximate surface area is 170 Å². The average molecular weight is 391 g/mol. The van der Waals surface area contributed by atoms with Gasteiger partial charge in [0.15, 0.2) is 5.82 Å². The Morgan fingerprint density at radius 1 is 1.21 bits per heavy atom. The fourth-order valence-electron chi connectivity index (χ4n) is 3.49. The second-order valence-electron chi connectivity index (χ2n) is 7.40. The number of nitrogens with zero attached hydrogens (tertiary/aromatic N) is 4. The Hall–Kier alpha value is -3.22. The van der Waals surface area contributed by atoms with E-state index < -0.39 is 0 Å². The number of rotatable bonds is 8. The summed E-state index contributed by atoms with van der Waals surface area (Å²) in [4.78, 5) is 23.3. The van der Waals surface area contributed by atoms with E-state index in [1.54, 1.807) is 11.1 Å². The third-order valence-electron chi connectivity index (χ3n) is 5.13. The maximum absolute atomic E-state index is 12.6. The van der Waals surface area contributed by atoms with Gasteiger partial charge in [0.05, 0.1) is 11.7 Å². The number of hydrogen-bond donors (Lipinski definition) is 1. The first-order valence-corrected chi connectivity index (χ1v) is 9.97. The van der Waals surface area contributed by atoms with Gasteiger partial charge >= 0.3 is 6.03 Å². The van der Waals surface area contributed by atoms with Crippen molar-refractivity contribution in [1.29, 1.82) is 0 Å². The lowest BCUT2D eigenvalue weighted by Crippen LogP contribution is -2.41. The molecule has 0 radical (unpaired) electrons. The van der Waals surface area contributed by atoms with Crippen molar-refractivity contribution in [3.05, 3.63) is 77.7 Å². The molecule has 7 heteroatoms. The van der Waals surface area contributed by atoms with Crippen molar-refractivity contribution >= 4 is 6.03 Å². The summed E-state index contributed by atoms with van der Waals surface area (Å²) in [5.74, 6) is 1.66. The molecule has 2 aromatic heterocycles. The topological polar surface area (TPSA) is 84.2 Å². The number of hydrogen-bond acceptors (Lipinski definition) is 5. The molecule has 4 rings (SSSR count). The van der Waals surface area contributed by atoms with Crippen LogP contribution in [0.25, 0.3) is 0 Å². The molecule has 0 spiro atoms. The molecule has 1 aromatic carbocycles. The normalized spacial score (nSPS) is 14.4. The number of aromatic nitrogens is 3. The first-order chi connectivity index (χ1) is 14.2. The summed E-state index contributed by atoms with van der Waals surface area (Å²) in [5, 5.41) is 6.98. The second-order valence-corrected chi connectivity index (χ2v) is 7.40. The van der Waals surface area contributed by atoms with Crippen LogP contribution in [0, 0.1) is 5.92 Å². The zero-order valence-electron chi connectivity index (χ0n) is 16.5. The Balaban J connectivity index is 1.28. The van der Waals surface area contributed by atoms with Gasteiger partial charge in [-0.05, 0) is 36.5 Å². The largest absolute Gasteiger partial charge is 0.339 e. The summed E-state index contributed by atoms with van der Waals surface area (Å²) in [6.45, 7) is 0.440. The van der Waals surface area contributed by atoms with Crippen molar-refractivity contribution in [3.63, 3.8) is 0 Å². The molecule has 1 aliphatic carbocycles. The SMILES string of the molecule is CN(C(=O)NCCc1nc(Cc2ccccc2)no1)[C@@H](c1ccccn1)C1CC1. The summed E-state index contributed by atoms with van der Waals surface area (Å²) in [6.07, 6.45) is 5.17. The monoisotopic (exact) mass is 391 g/mol. The number of pyridine rings is 1. The van der Waals surface area contributed by atoms with E-state index in [1.165, 1.54) is 0 Å². The molecular formula is C22H25N5O2. The van der Waals surface area contributed by atoms with Gasteiger partial charge in [0.1, 0.15) is 0 Å². The molecule has 29 heavy (non-hydrogen) atoms. The van der Waals surface area contributed by atoms with Crippen LogP contribution < -0.4 is 5.32 Å². The molecular weight excluding hydrogens is 366 g/mol. The summed E-state index contributed by atoms with van der Waals surface area (Å²) < 4.78 is 5.31. The summed E-state index contributed by atoms with van der Waals surface area (Å²) in [7, 11) is 1.83. The van der Waals surface area contributed by atoms with E-state index in [0.29, 0.717) is 37.0 Å². The minimum Gasteiger partial charge on any atom is -0.339 e. The molecule has 2 heterocycles. The number of urea groups is 1. The molecule has 1 atom stereocenters. The van der Waals surface area contributed by atoms with Crippen molar-refractivity contribution < 1.29 is 9.32 Å². The van der Waals surface area contributed by atoms with E-state index in [9.17, 15) is 4.79 Å². The lowest BCUT2D eigenvalue weighted by molar-refractivity contribution is 0.181. The smallest absolute Gasteiger partial charge is 0.317 e. The van der Waals surface area contributed by atoms with Crippen LogP contribution in [0.1, 0.15) is 41.9 Å². The number of nitrogens with one attached hydrogen (secondary N) is 1. The lowest BCUT2D eigenvalue weighted by Gasteiger charge is -2.28. The molecule has 1 N–H and O–H groups in total. The van der Waals surface area contributed by atoms with Gasteiger partial charge in [-0.3, -0.25) is 4.98 Å². The molecule has 2 amide bonds. The molecule has 150 valence electrons. The van der Waals surface area contributed by atoms with Gasteiger partial charge in [0, 0.05) is 32.6 Å². The molecule has 3 aromatic rings. The molecule has 0 unspecified atom stereocenters. The molecule has 1 aliphatic rings. The highest BCUT2D eigenvalue weighted by Gasteiger charge is 2.37. The molecule has 1 fully saturated rings. The molecule has 0 bridgehead atoms. The van der Waals surface area contributed by atoms with Crippen LogP contribution in [0.2, 0.25) is 0 Å². The highest BCUT2D eigenvalue weighted by atomic mass is 16.5. The first-order valence-electron chi connectivity index (χ1n) is 9.97. The molecule has 7 nitrogen and oxygen atoms in total. The van der Waals surface area contributed by atoms with Crippen molar-refractivity contribution in [3.8, 4) is 0 Å². The maximum Gasteiger partial charge on any atom is 0.317 e. The van der Waals surface area contributed by atoms with Gasteiger partial charge in [-0.25, -0.2) is 4.79 Å². The van der Waals surface area contributed by atoms with Gasteiger partial charge < -0.3 is 14.7 Å². The van der Waals surface area contributed by atoms with Gasteiger partial charge in [-0.2, -0.15) is 4.98 Å². The van der Waals surface area contributed by atoms with Crippen LogP contribution in [0.15, 0.2) is 59.3 Å². The van der Waals surface area contributed by atoms with Crippen LogP contribution in [-0.2, 0) is 12.8 Å². The first kappa shape index (κ1) is 19.1. The predicted octanol–water partition coefficient (Wildman–Crippen LogP) is 3.39. The Morgan fingerprint density at radius 3 is 2.72 bits per heavy atom. The van der Waals surface area contributed by atoms with E-state index in [-0.39, 0.29) is 12.1 Å². The van der Waals surface area contributed by atoms with Crippen LogP contribution in [0.5, 0.6) is 0 Å². The zero-order chi connectivity index (χ0) is 20.1. The van der Waals surface area contributed by atoms with Gasteiger partial charge in [-0.15, -0.1) is 0 Å². The average Bonchev–Trinajstić information content (AvgIpc) is 3.48. The number of carbonyl (C=O) groups excluding carboxylic acids is 1. The van der Waals surface area contributed by atoms with E-state index >= 15 is 0 Å². The van der Waals surface area contributed by atoms with Crippen molar-refractivity contribution in [2.24, 2.45) is 5.92 Å². The maximum atomic E-state index is 12.6. The van der Waals surface area contributed by atoms with E-state index in [2.05, 4.69) is 20.4 Å². The number of benzene rings is 1.